The number of rotatable bonds is 5. The van der Waals surface area contributed by atoms with Crippen LogP contribution in [0.25, 0.3) is 0 Å². The first-order valence-corrected chi connectivity index (χ1v) is 5.86. The highest BCUT2D eigenvalue weighted by Gasteiger charge is 2.12. The Kier molecular flexibility index (Phi) is 4.13. The first-order valence-electron chi connectivity index (χ1n) is 5.86. The third-order valence-corrected chi connectivity index (χ3v) is 2.74. The van der Waals surface area contributed by atoms with Gasteiger partial charge in [-0.1, -0.05) is 0 Å². The van der Waals surface area contributed by atoms with Crippen molar-refractivity contribution < 1.29 is 24.0 Å². The summed E-state index contributed by atoms with van der Waals surface area (Å²) in [6, 6.07) is 8.59. The summed E-state index contributed by atoms with van der Waals surface area (Å²) in [4.78, 5) is 21.0. The van der Waals surface area contributed by atoms with E-state index in [1.165, 1.54) is 24.3 Å². The number of carbonyl (C=O) groups is 1. The fourth-order valence-electron chi connectivity index (χ4n) is 1.72. The number of carboxylic acid groups (broad SMARTS) is 1. The van der Waals surface area contributed by atoms with E-state index in [4.69, 9.17) is 9.84 Å². The Morgan fingerprint density at radius 2 is 1.90 bits per heavy atom. The zero-order valence-electron chi connectivity index (χ0n) is 10.7. The second-order valence-corrected chi connectivity index (χ2v) is 4.15. The van der Waals surface area contributed by atoms with Crippen LogP contribution in [0.2, 0.25) is 0 Å². The van der Waals surface area contributed by atoms with Crippen LogP contribution in [0.4, 0.5) is 10.1 Å². The minimum Gasteiger partial charge on any atom is -0.489 e. The van der Waals surface area contributed by atoms with Crippen molar-refractivity contribution in [2.75, 3.05) is 0 Å². The molecule has 2 aromatic carbocycles. The van der Waals surface area contributed by atoms with Crippen molar-refractivity contribution in [2.45, 2.75) is 6.61 Å². The second-order valence-electron chi connectivity index (χ2n) is 4.15. The quantitative estimate of drug-likeness (QED) is 0.675. The summed E-state index contributed by atoms with van der Waals surface area (Å²) in [7, 11) is 0. The van der Waals surface area contributed by atoms with Crippen LogP contribution in [0, 0.1) is 15.9 Å². The van der Waals surface area contributed by atoms with Gasteiger partial charge >= 0.3 is 5.97 Å². The summed E-state index contributed by atoms with van der Waals surface area (Å²) in [5.41, 5.74) is 0.0403. The van der Waals surface area contributed by atoms with Crippen LogP contribution in [0.3, 0.4) is 0 Å². The Morgan fingerprint density at radius 1 is 1.24 bits per heavy atom. The lowest BCUT2D eigenvalue weighted by atomic mass is 10.1. The normalized spacial score (nSPS) is 10.1. The number of non-ortho nitro benzene ring substituents is 1. The zero-order valence-corrected chi connectivity index (χ0v) is 10.7. The molecule has 0 aromatic heterocycles. The van der Waals surface area contributed by atoms with Gasteiger partial charge in [0.2, 0.25) is 0 Å². The van der Waals surface area contributed by atoms with Crippen molar-refractivity contribution in [1.82, 2.24) is 0 Å². The lowest BCUT2D eigenvalue weighted by molar-refractivity contribution is -0.384. The van der Waals surface area contributed by atoms with Crippen LogP contribution >= 0.6 is 0 Å². The van der Waals surface area contributed by atoms with Gasteiger partial charge in [-0.05, 0) is 30.3 Å². The number of hydrogen-bond acceptors (Lipinski definition) is 4. The number of aromatic carboxylic acids is 1. The van der Waals surface area contributed by atoms with E-state index in [2.05, 4.69) is 0 Å². The monoisotopic (exact) mass is 291 g/mol. The summed E-state index contributed by atoms with van der Waals surface area (Å²) in [6.07, 6.45) is 0. The first-order chi connectivity index (χ1) is 9.97. The number of halogens is 1. The van der Waals surface area contributed by atoms with Crippen LogP contribution in [0.15, 0.2) is 42.5 Å². The standard InChI is InChI=1S/C14H10FNO5/c15-10-1-6-13(14(17)18)9(7-10)8-21-12-4-2-11(3-5-12)16(19)20/h1-7H,8H2,(H,17,18). The minimum atomic E-state index is -1.18. The fourth-order valence-corrected chi connectivity index (χ4v) is 1.72. The van der Waals surface area contributed by atoms with E-state index in [9.17, 15) is 19.3 Å². The molecule has 0 aliphatic rings. The average Bonchev–Trinajstić information content (AvgIpc) is 2.45. The van der Waals surface area contributed by atoms with Gasteiger partial charge in [-0.3, -0.25) is 10.1 Å². The van der Waals surface area contributed by atoms with Crippen LogP contribution < -0.4 is 4.74 Å². The molecule has 0 aliphatic carbocycles. The van der Waals surface area contributed by atoms with E-state index < -0.39 is 16.7 Å². The molecule has 0 spiro atoms. The molecule has 7 heteroatoms. The van der Waals surface area contributed by atoms with Crippen molar-refractivity contribution in [2.24, 2.45) is 0 Å². The SMILES string of the molecule is O=C(O)c1ccc(F)cc1COc1ccc([N+](=O)[O-])cc1. The molecule has 0 heterocycles. The lowest BCUT2D eigenvalue weighted by Gasteiger charge is -2.09. The van der Waals surface area contributed by atoms with Crippen LogP contribution in [-0.4, -0.2) is 16.0 Å². The van der Waals surface area contributed by atoms with Crippen molar-refractivity contribution in [1.29, 1.82) is 0 Å². The number of ether oxygens (including phenoxy) is 1. The molecule has 0 unspecified atom stereocenters. The highest BCUT2D eigenvalue weighted by molar-refractivity contribution is 5.89. The van der Waals surface area contributed by atoms with Gasteiger partial charge in [0.25, 0.3) is 5.69 Å². The Bertz CT molecular complexity index is 684. The molecular formula is C14H10FNO5. The van der Waals surface area contributed by atoms with Gasteiger partial charge in [0, 0.05) is 17.7 Å². The zero-order chi connectivity index (χ0) is 15.4. The Balaban J connectivity index is 2.14. The van der Waals surface area contributed by atoms with Gasteiger partial charge in [0.15, 0.2) is 0 Å². The van der Waals surface area contributed by atoms with Crippen molar-refractivity contribution in [3.63, 3.8) is 0 Å². The molecule has 0 amide bonds. The molecule has 0 radical (unpaired) electrons. The van der Waals surface area contributed by atoms with E-state index >= 15 is 0 Å². The van der Waals surface area contributed by atoms with Crippen molar-refractivity contribution in [3.05, 3.63) is 69.5 Å². The van der Waals surface area contributed by atoms with Gasteiger partial charge in [-0.2, -0.15) is 0 Å². The van der Waals surface area contributed by atoms with Crippen molar-refractivity contribution >= 4 is 11.7 Å². The van der Waals surface area contributed by atoms with E-state index in [1.807, 2.05) is 0 Å². The topological polar surface area (TPSA) is 89.7 Å². The lowest BCUT2D eigenvalue weighted by Crippen LogP contribution is -2.06. The third kappa shape index (κ3) is 3.53. The third-order valence-electron chi connectivity index (χ3n) is 2.74. The molecule has 0 saturated heterocycles. The highest BCUT2D eigenvalue weighted by Crippen LogP contribution is 2.20. The van der Waals surface area contributed by atoms with Crippen LogP contribution in [0.5, 0.6) is 5.75 Å². The highest BCUT2D eigenvalue weighted by atomic mass is 19.1. The molecule has 6 nitrogen and oxygen atoms in total. The second kappa shape index (κ2) is 6.00. The number of benzene rings is 2. The predicted molar refractivity (Wildman–Crippen MR) is 70.8 cm³/mol. The molecule has 108 valence electrons. The fraction of sp³-hybridized carbons (Fsp3) is 0.0714. The molecule has 0 fully saturated rings. The van der Waals surface area contributed by atoms with E-state index in [0.717, 1.165) is 18.2 Å². The van der Waals surface area contributed by atoms with Gasteiger partial charge in [-0.25, -0.2) is 9.18 Å². The number of carboxylic acids is 1. The van der Waals surface area contributed by atoms with Gasteiger partial charge in [0.05, 0.1) is 10.5 Å². The van der Waals surface area contributed by atoms with Crippen LogP contribution in [0.1, 0.15) is 15.9 Å². The molecule has 0 bridgehead atoms. The summed E-state index contributed by atoms with van der Waals surface area (Å²) < 4.78 is 18.5. The number of nitro benzene ring substituents is 1. The predicted octanol–water partition coefficient (Wildman–Crippen LogP) is 3.01. The molecule has 0 saturated carbocycles. The minimum absolute atomic E-state index is 0.0571. The molecule has 0 aliphatic heterocycles. The summed E-state index contributed by atoms with van der Waals surface area (Å²) in [5.74, 6) is -1.43. The molecule has 2 aromatic rings. The summed E-state index contributed by atoms with van der Waals surface area (Å²) in [5, 5.41) is 19.5. The maximum Gasteiger partial charge on any atom is 0.336 e. The molecule has 0 atom stereocenters. The van der Waals surface area contributed by atoms with Gasteiger partial charge in [0.1, 0.15) is 18.2 Å². The number of nitro groups is 1. The van der Waals surface area contributed by atoms with Gasteiger partial charge < -0.3 is 9.84 Å². The average molecular weight is 291 g/mol. The molecule has 21 heavy (non-hydrogen) atoms. The largest absolute Gasteiger partial charge is 0.489 e. The summed E-state index contributed by atoms with van der Waals surface area (Å²) in [6.45, 7) is -0.156. The number of nitrogens with zero attached hydrogens (tertiary/aromatic N) is 1. The maximum atomic E-state index is 13.2. The maximum absolute atomic E-state index is 13.2. The Hall–Kier alpha value is -2.96. The van der Waals surface area contributed by atoms with E-state index in [-0.39, 0.29) is 23.4 Å². The van der Waals surface area contributed by atoms with E-state index in [0.29, 0.717) is 5.75 Å². The van der Waals surface area contributed by atoms with Gasteiger partial charge in [-0.15, -0.1) is 0 Å². The smallest absolute Gasteiger partial charge is 0.336 e. The Morgan fingerprint density at radius 3 is 2.48 bits per heavy atom. The number of hydrogen-bond donors (Lipinski definition) is 1. The molecule has 2 rings (SSSR count). The Labute approximate surface area is 118 Å². The molecular weight excluding hydrogens is 281 g/mol. The molecule has 1 N–H and O–H groups in total. The van der Waals surface area contributed by atoms with Crippen molar-refractivity contribution in [3.8, 4) is 5.75 Å². The van der Waals surface area contributed by atoms with Crippen LogP contribution in [-0.2, 0) is 6.61 Å². The van der Waals surface area contributed by atoms with E-state index in [1.54, 1.807) is 0 Å². The first kappa shape index (κ1) is 14.4. The summed E-state index contributed by atoms with van der Waals surface area (Å²) >= 11 is 0.